The molecule has 1 nitrogen and oxygen atoms in total. The second kappa shape index (κ2) is 7.91. The number of thiazole rings is 1. The van der Waals surface area contributed by atoms with Crippen molar-refractivity contribution < 1.29 is 28.5 Å². The molecule has 0 atom stereocenters. The standard InChI is InChI=1S/C19H16NS3.HI/c1-2-20-15-6-3-4-7-16(15)23-19(20)12-10-14-9-11-18(22-14)17-8-5-13-21-17;/h3-13H,2H2,1H3;1H/q+1;/p-1/b12-10+;. The summed E-state index contributed by atoms with van der Waals surface area (Å²) in [7, 11) is 0. The highest BCUT2D eigenvalue weighted by atomic mass is 127. The van der Waals surface area contributed by atoms with E-state index >= 15 is 0 Å². The monoisotopic (exact) mass is 481 g/mol. The van der Waals surface area contributed by atoms with Gasteiger partial charge < -0.3 is 24.0 Å². The van der Waals surface area contributed by atoms with Crippen molar-refractivity contribution in [2.24, 2.45) is 0 Å². The fourth-order valence-electron chi connectivity index (χ4n) is 2.65. The molecule has 122 valence electrons. The third kappa shape index (κ3) is 3.49. The van der Waals surface area contributed by atoms with E-state index in [1.807, 2.05) is 22.7 Å². The Morgan fingerprint density at radius 3 is 2.58 bits per heavy atom. The van der Waals surface area contributed by atoms with Crippen LogP contribution in [0.5, 0.6) is 0 Å². The van der Waals surface area contributed by atoms with Gasteiger partial charge in [-0.15, -0.1) is 22.7 Å². The first kappa shape index (κ1) is 17.8. The Morgan fingerprint density at radius 2 is 1.79 bits per heavy atom. The van der Waals surface area contributed by atoms with E-state index in [1.165, 1.54) is 29.9 Å². The molecule has 4 rings (SSSR count). The lowest BCUT2D eigenvalue weighted by molar-refractivity contribution is -0.665. The summed E-state index contributed by atoms with van der Waals surface area (Å²) in [6, 6.07) is 17.3. The molecule has 0 saturated heterocycles. The van der Waals surface area contributed by atoms with E-state index in [0.29, 0.717) is 0 Å². The highest BCUT2D eigenvalue weighted by Gasteiger charge is 2.15. The topological polar surface area (TPSA) is 3.88 Å². The first-order valence-electron chi connectivity index (χ1n) is 7.58. The molecule has 0 radical (unpaired) electrons. The van der Waals surface area contributed by atoms with E-state index in [1.54, 1.807) is 11.3 Å². The van der Waals surface area contributed by atoms with Crippen LogP contribution in [0, 0.1) is 0 Å². The number of thiophene rings is 2. The summed E-state index contributed by atoms with van der Waals surface area (Å²) in [5.74, 6) is 0. The van der Waals surface area contributed by atoms with Gasteiger partial charge in [-0.25, -0.2) is 0 Å². The predicted octanol–water partition coefficient (Wildman–Crippen LogP) is 3.17. The fraction of sp³-hybridized carbons (Fsp3) is 0.105. The number of nitrogens with zero attached hydrogens (tertiary/aromatic N) is 1. The number of aryl methyl sites for hydroxylation is 1. The van der Waals surface area contributed by atoms with Crippen LogP contribution in [0.3, 0.4) is 0 Å². The van der Waals surface area contributed by atoms with E-state index in [-0.39, 0.29) is 24.0 Å². The van der Waals surface area contributed by atoms with Gasteiger partial charge in [0.15, 0.2) is 0 Å². The number of hydrogen-bond acceptors (Lipinski definition) is 3. The average molecular weight is 481 g/mol. The lowest BCUT2D eigenvalue weighted by atomic mass is 10.3. The van der Waals surface area contributed by atoms with Crippen LogP contribution in [0.1, 0.15) is 16.8 Å². The molecule has 0 unspecified atom stereocenters. The predicted molar refractivity (Wildman–Crippen MR) is 104 cm³/mol. The molecule has 0 aliphatic heterocycles. The zero-order valence-corrected chi connectivity index (χ0v) is 17.7. The molecule has 5 heteroatoms. The molecule has 0 aliphatic rings. The summed E-state index contributed by atoms with van der Waals surface area (Å²) in [6.07, 6.45) is 4.48. The molecule has 24 heavy (non-hydrogen) atoms. The number of hydrogen-bond donors (Lipinski definition) is 0. The minimum atomic E-state index is 0. The van der Waals surface area contributed by atoms with Crippen LogP contribution >= 0.6 is 34.0 Å². The average Bonchev–Trinajstić information content (AvgIpc) is 3.30. The summed E-state index contributed by atoms with van der Waals surface area (Å²) in [4.78, 5) is 3.99. The molecule has 0 bridgehead atoms. The molecule has 0 N–H and O–H groups in total. The van der Waals surface area contributed by atoms with Gasteiger partial charge in [0.2, 0.25) is 5.52 Å². The second-order valence-corrected chi connectivity index (χ2v) is 8.29. The van der Waals surface area contributed by atoms with Crippen molar-refractivity contribution in [3.8, 4) is 9.75 Å². The van der Waals surface area contributed by atoms with Gasteiger partial charge in [0, 0.05) is 26.8 Å². The number of rotatable bonds is 4. The summed E-state index contributed by atoms with van der Waals surface area (Å²) in [6.45, 7) is 3.20. The smallest absolute Gasteiger partial charge is 0.262 e. The number of para-hydroxylation sites is 1. The SMILES string of the molecule is CC[n+]1c(/C=C/c2ccc(-c3cccs3)s2)sc2ccccc21.[I-]. The van der Waals surface area contributed by atoms with Crippen molar-refractivity contribution in [3.63, 3.8) is 0 Å². The van der Waals surface area contributed by atoms with Crippen molar-refractivity contribution in [3.05, 3.63) is 63.8 Å². The lowest BCUT2D eigenvalue weighted by Crippen LogP contribution is -3.00. The summed E-state index contributed by atoms with van der Waals surface area (Å²) >= 11 is 5.50. The van der Waals surface area contributed by atoms with Gasteiger partial charge in [0.05, 0.1) is 0 Å². The molecule has 0 fully saturated rings. The summed E-state index contributed by atoms with van der Waals surface area (Å²) in [5, 5.41) is 3.44. The summed E-state index contributed by atoms with van der Waals surface area (Å²) in [5.41, 5.74) is 1.32. The van der Waals surface area contributed by atoms with Crippen molar-refractivity contribution in [1.29, 1.82) is 0 Å². The van der Waals surface area contributed by atoms with Crippen LogP contribution in [-0.4, -0.2) is 0 Å². The van der Waals surface area contributed by atoms with Crippen molar-refractivity contribution in [2.45, 2.75) is 13.5 Å². The van der Waals surface area contributed by atoms with Crippen LogP contribution in [0.2, 0.25) is 0 Å². The van der Waals surface area contributed by atoms with E-state index in [4.69, 9.17) is 0 Å². The van der Waals surface area contributed by atoms with Crippen LogP contribution < -0.4 is 28.5 Å². The van der Waals surface area contributed by atoms with E-state index in [0.717, 1.165) is 6.54 Å². The third-order valence-corrected chi connectivity index (χ3v) is 6.98. The molecular weight excluding hydrogens is 465 g/mol. The van der Waals surface area contributed by atoms with Gasteiger partial charge in [-0.05, 0) is 42.6 Å². The molecule has 0 spiro atoms. The molecule has 0 amide bonds. The van der Waals surface area contributed by atoms with Gasteiger partial charge in [0.1, 0.15) is 11.2 Å². The highest BCUT2D eigenvalue weighted by molar-refractivity contribution is 7.22. The number of aromatic nitrogens is 1. The van der Waals surface area contributed by atoms with Crippen LogP contribution in [-0.2, 0) is 6.54 Å². The molecule has 4 aromatic rings. The Hall–Kier alpha value is -1.02. The van der Waals surface area contributed by atoms with Crippen molar-refractivity contribution in [1.82, 2.24) is 0 Å². The Bertz CT molecular complexity index is 964. The Kier molecular flexibility index (Phi) is 5.86. The number of benzene rings is 1. The molecule has 1 aromatic carbocycles. The highest BCUT2D eigenvalue weighted by Crippen LogP contribution is 2.32. The Morgan fingerprint density at radius 1 is 0.917 bits per heavy atom. The maximum atomic E-state index is 2.38. The Labute approximate surface area is 170 Å². The van der Waals surface area contributed by atoms with Crippen molar-refractivity contribution >= 4 is 56.4 Å². The van der Waals surface area contributed by atoms with Gasteiger partial charge in [0.25, 0.3) is 5.01 Å². The minimum absolute atomic E-state index is 0. The van der Waals surface area contributed by atoms with E-state index in [2.05, 4.69) is 77.6 Å². The largest absolute Gasteiger partial charge is 1.00 e. The van der Waals surface area contributed by atoms with Crippen LogP contribution in [0.4, 0.5) is 0 Å². The zero-order valence-electron chi connectivity index (χ0n) is 13.1. The maximum absolute atomic E-state index is 2.38. The fourth-order valence-corrected chi connectivity index (χ4v) is 5.52. The van der Waals surface area contributed by atoms with Gasteiger partial charge in [-0.2, -0.15) is 4.57 Å². The maximum Gasteiger partial charge on any atom is 0.262 e. The number of fused-ring (bicyclic) bond motifs is 1. The molecule has 3 heterocycles. The van der Waals surface area contributed by atoms with E-state index < -0.39 is 0 Å². The molecule has 0 saturated carbocycles. The van der Waals surface area contributed by atoms with Crippen LogP contribution in [0.15, 0.2) is 53.9 Å². The third-order valence-electron chi connectivity index (χ3n) is 3.73. The molecular formula is C19H16INS3. The van der Waals surface area contributed by atoms with Gasteiger partial charge in [-0.3, -0.25) is 0 Å². The van der Waals surface area contributed by atoms with Crippen LogP contribution in [0.25, 0.3) is 32.1 Å². The lowest BCUT2D eigenvalue weighted by Gasteiger charge is -1.91. The molecule has 3 aromatic heterocycles. The first-order chi connectivity index (χ1) is 11.3. The zero-order chi connectivity index (χ0) is 15.6. The minimum Gasteiger partial charge on any atom is -1.00 e. The van der Waals surface area contributed by atoms with Gasteiger partial charge in [-0.1, -0.05) is 29.5 Å². The first-order valence-corrected chi connectivity index (χ1v) is 10.1. The second-order valence-electron chi connectivity index (χ2n) is 5.16. The number of halogens is 1. The van der Waals surface area contributed by atoms with Gasteiger partial charge >= 0.3 is 0 Å². The van der Waals surface area contributed by atoms with Crippen molar-refractivity contribution in [2.75, 3.05) is 0 Å². The Balaban J connectivity index is 0.00000169. The van der Waals surface area contributed by atoms with E-state index in [9.17, 15) is 0 Å². The quantitative estimate of drug-likeness (QED) is 0.312. The summed E-state index contributed by atoms with van der Waals surface area (Å²) < 4.78 is 3.73. The molecule has 0 aliphatic carbocycles. The normalized spacial score (nSPS) is 11.2.